The molecule has 3 heterocycles. The van der Waals surface area contributed by atoms with E-state index in [0.717, 1.165) is 11.1 Å². The highest BCUT2D eigenvalue weighted by Crippen LogP contribution is 2.20. The number of amides is 1. The van der Waals surface area contributed by atoms with Crippen LogP contribution in [0.2, 0.25) is 0 Å². The molecule has 6 nitrogen and oxygen atoms in total. The van der Waals surface area contributed by atoms with Crippen LogP contribution in [0.3, 0.4) is 0 Å². The van der Waals surface area contributed by atoms with E-state index in [1.807, 2.05) is 48.7 Å². The zero-order valence-corrected chi connectivity index (χ0v) is 12.6. The number of nitrogens with one attached hydrogen (secondary N) is 1. The number of benzene rings is 1. The Bertz CT molecular complexity index is 996. The lowest BCUT2D eigenvalue weighted by molar-refractivity contribution is 0.102. The van der Waals surface area contributed by atoms with Crippen molar-refractivity contribution >= 4 is 17.5 Å². The second-order valence-electron chi connectivity index (χ2n) is 5.22. The van der Waals surface area contributed by atoms with Crippen molar-refractivity contribution in [3.8, 4) is 11.1 Å². The molecule has 6 heteroatoms. The maximum Gasteiger partial charge on any atom is 0.259 e. The van der Waals surface area contributed by atoms with Gasteiger partial charge in [-0.15, -0.1) is 5.10 Å². The van der Waals surface area contributed by atoms with E-state index in [0.29, 0.717) is 11.2 Å². The van der Waals surface area contributed by atoms with Gasteiger partial charge in [-0.05, 0) is 35.4 Å². The number of pyridine rings is 2. The summed E-state index contributed by atoms with van der Waals surface area (Å²) in [7, 11) is 0. The highest BCUT2D eigenvalue weighted by molar-refractivity contribution is 6.03. The molecule has 3 aromatic heterocycles. The molecule has 1 amide bonds. The van der Waals surface area contributed by atoms with Crippen LogP contribution in [0.4, 0.5) is 5.95 Å². The molecule has 0 bridgehead atoms. The lowest BCUT2D eigenvalue weighted by Crippen LogP contribution is -2.13. The molecule has 1 N–H and O–H groups in total. The summed E-state index contributed by atoms with van der Waals surface area (Å²) in [5, 5.41) is 6.95. The lowest BCUT2D eigenvalue weighted by atomic mass is 10.1. The SMILES string of the molecule is O=C(Nc1nc2cc(-c3ccccc3)ccn2n1)c1cccnc1. The van der Waals surface area contributed by atoms with Gasteiger partial charge in [0.05, 0.1) is 5.56 Å². The van der Waals surface area contributed by atoms with Crippen LogP contribution >= 0.6 is 0 Å². The summed E-state index contributed by atoms with van der Waals surface area (Å²) in [6.45, 7) is 0. The monoisotopic (exact) mass is 315 g/mol. The molecule has 0 saturated heterocycles. The van der Waals surface area contributed by atoms with E-state index in [1.165, 1.54) is 6.20 Å². The zero-order chi connectivity index (χ0) is 16.4. The number of fused-ring (bicyclic) bond motifs is 1. The van der Waals surface area contributed by atoms with Crippen molar-refractivity contribution in [1.29, 1.82) is 0 Å². The molecule has 24 heavy (non-hydrogen) atoms. The van der Waals surface area contributed by atoms with Crippen molar-refractivity contribution in [2.24, 2.45) is 0 Å². The second-order valence-corrected chi connectivity index (χ2v) is 5.22. The summed E-state index contributed by atoms with van der Waals surface area (Å²) >= 11 is 0. The lowest BCUT2D eigenvalue weighted by Gasteiger charge is -2.00. The van der Waals surface area contributed by atoms with Gasteiger partial charge in [-0.3, -0.25) is 15.1 Å². The standard InChI is InChI=1S/C18H13N5O/c24-17(15-7-4-9-19-12-15)21-18-20-16-11-14(8-10-23(16)22-18)13-5-2-1-3-6-13/h1-12H,(H,21,22,24). The number of carbonyl (C=O) groups is 1. The Morgan fingerprint density at radius 3 is 2.67 bits per heavy atom. The molecule has 4 rings (SSSR count). The molecule has 0 radical (unpaired) electrons. The number of aromatic nitrogens is 4. The molecule has 0 aliphatic carbocycles. The van der Waals surface area contributed by atoms with Crippen LogP contribution in [0.5, 0.6) is 0 Å². The highest BCUT2D eigenvalue weighted by atomic mass is 16.1. The predicted octanol–water partition coefficient (Wildman–Crippen LogP) is 3.04. The summed E-state index contributed by atoms with van der Waals surface area (Å²) in [6, 6.07) is 17.3. The van der Waals surface area contributed by atoms with Crippen molar-refractivity contribution in [2.45, 2.75) is 0 Å². The summed E-state index contributed by atoms with van der Waals surface area (Å²) < 4.78 is 1.63. The number of hydrogen-bond donors (Lipinski definition) is 1. The zero-order valence-electron chi connectivity index (χ0n) is 12.6. The number of rotatable bonds is 3. The number of carbonyl (C=O) groups excluding carboxylic acids is 1. The van der Waals surface area contributed by atoms with E-state index in [2.05, 4.69) is 20.4 Å². The van der Waals surface area contributed by atoms with Gasteiger partial charge in [0.15, 0.2) is 5.65 Å². The van der Waals surface area contributed by atoms with Crippen molar-refractivity contribution in [2.75, 3.05) is 5.32 Å². The summed E-state index contributed by atoms with van der Waals surface area (Å²) in [6.07, 6.45) is 4.94. The van der Waals surface area contributed by atoms with Crippen molar-refractivity contribution < 1.29 is 4.79 Å². The van der Waals surface area contributed by atoms with Crippen LogP contribution in [-0.4, -0.2) is 25.5 Å². The first-order valence-electron chi connectivity index (χ1n) is 7.43. The topological polar surface area (TPSA) is 72.2 Å². The van der Waals surface area contributed by atoms with E-state index >= 15 is 0 Å². The fourth-order valence-corrected chi connectivity index (χ4v) is 2.42. The third-order valence-electron chi connectivity index (χ3n) is 3.59. The maximum absolute atomic E-state index is 12.1. The molecule has 0 unspecified atom stereocenters. The smallest absolute Gasteiger partial charge is 0.259 e. The van der Waals surface area contributed by atoms with E-state index in [-0.39, 0.29) is 11.9 Å². The van der Waals surface area contributed by atoms with Gasteiger partial charge in [-0.2, -0.15) is 4.98 Å². The Hall–Kier alpha value is -3.54. The largest absolute Gasteiger partial charge is 0.289 e. The first kappa shape index (κ1) is 14.1. The van der Waals surface area contributed by atoms with Gasteiger partial charge >= 0.3 is 0 Å². The molecule has 0 aliphatic heterocycles. The minimum atomic E-state index is -0.290. The third-order valence-corrected chi connectivity index (χ3v) is 3.59. The summed E-state index contributed by atoms with van der Waals surface area (Å²) in [5.74, 6) is -0.0312. The van der Waals surface area contributed by atoms with Gasteiger partial charge in [-0.1, -0.05) is 30.3 Å². The molecule has 0 aliphatic rings. The third kappa shape index (κ3) is 2.72. The quantitative estimate of drug-likeness (QED) is 0.631. The van der Waals surface area contributed by atoms with Gasteiger partial charge in [0.2, 0.25) is 5.95 Å². The Morgan fingerprint density at radius 2 is 1.88 bits per heavy atom. The highest BCUT2D eigenvalue weighted by Gasteiger charge is 2.10. The maximum atomic E-state index is 12.1. The Kier molecular flexibility index (Phi) is 3.47. The minimum absolute atomic E-state index is 0.258. The van der Waals surface area contributed by atoms with Crippen LogP contribution < -0.4 is 5.32 Å². The number of hydrogen-bond acceptors (Lipinski definition) is 4. The molecular formula is C18H13N5O. The summed E-state index contributed by atoms with van der Waals surface area (Å²) in [5.41, 5.74) is 3.27. The Balaban J connectivity index is 1.63. The van der Waals surface area contributed by atoms with E-state index in [4.69, 9.17) is 0 Å². The number of nitrogens with zero attached hydrogens (tertiary/aromatic N) is 4. The van der Waals surface area contributed by atoms with Crippen LogP contribution in [0.1, 0.15) is 10.4 Å². The minimum Gasteiger partial charge on any atom is -0.289 e. The molecule has 116 valence electrons. The summed E-state index contributed by atoms with van der Waals surface area (Å²) in [4.78, 5) is 20.4. The van der Waals surface area contributed by atoms with Gasteiger partial charge in [0.25, 0.3) is 5.91 Å². The Labute approximate surface area is 137 Å². The van der Waals surface area contributed by atoms with Crippen LogP contribution in [0.25, 0.3) is 16.8 Å². The number of anilines is 1. The molecule has 4 aromatic rings. The average molecular weight is 315 g/mol. The van der Waals surface area contributed by atoms with E-state index in [1.54, 1.807) is 22.8 Å². The molecule has 0 atom stereocenters. The molecule has 0 saturated carbocycles. The van der Waals surface area contributed by atoms with Crippen LogP contribution in [-0.2, 0) is 0 Å². The first-order valence-corrected chi connectivity index (χ1v) is 7.43. The van der Waals surface area contributed by atoms with E-state index < -0.39 is 0 Å². The molecule has 0 spiro atoms. The normalized spacial score (nSPS) is 10.7. The van der Waals surface area contributed by atoms with Crippen LogP contribution in [0.15, 0.2) is 73.2 Å². The van der Waals surface area contributed by atoms with Crippen molar-refractivity contribution in [3.05, 3.63) is 78.8 Å². The van der Waals surface area contributed by atoms with Crippen LogP contribution in [0, 0.1) is 0 Å². The molecule has 1 aromatic carbocycles. The second kappa shape index (κ2) is 5.92. The fourth-order valence-electron chi connectivity index (χ4n) is 2.42. The molecule has 0 fully saturated rings. The Morgan fingerprint density at radius 1 is 1.00 bits per heavy atom. The van der Waals surface area contributed by atoms with Crippen molar-refractivity contribution in [3.63, 3.8) is 0 Å². The van der Waals surface area contributed by atoms with Gasteiger partial charge in [-0.25, -0.2) is 4.52 Å². The predicted molar refractivity (Wildman–Crippen MR) is 90.6 cm³/mol. The van der Waals surface area contributed by atoms with E-state index in [9.17, 15) is 4.79 Å². The van der Waals surface area contributed by atoms with Crippen molar-refractivity contribution in [1.82, 2.24) is 19.6 Å². The first-order chi connectivity index (χ1) is 11.8. The average Bonchev–Trinajstić information content (AvgIpc) is 3.04. The fraction of sp³-hybridized carbons (Fsp3) is 0. The van der Waals surface area contributed by atoms with Gasteiger partial charge < -0.3 is 0 Å². The van der Waals surface area contributed by atoms with Gasteiger partial charge in [0, 0.05) is 18.6 Å². The molecular weight excluding hydrogens is 302 g/mol. The van der Waals surface area contributed by atoms with Gasteiger partial charge in [0.1, 0.15) is 0 Å².